The summed E-state index contributed by atoms with van der Waals surface area (Å²) in [5.74, 6) is 1.48. The van der Waals surface area contributed by atoms with Crippen molar-refractivity contribution in [2.45, 2.75) is 6.92 Å². The van der Waals surface area contributed by atoms with Crippen LogP contribution < -0.4 is 14.2 Å². The minimum absolute atomic E-state index is 0.0586. The number of halogens is 1. The van der Waals surface area contributed by atoms with Crippen LogP contribution in [-0.4, -0.2) is 35.8 Å². The van der Waals surface area contributed by atoms with Gasteiger partial charge in [0.05, 0.1) is 26.4 Å². The van der Waals surface area contributed by atoms with Crippen molar-refractivity contribution < 1.29 is 14.2 Å². The molecule has 0 spiro atoms. The zero-order valence-corrected chi connectivity index (χ0v) is 12.1. The van der Waals surface area contributed by atoms with E-state index < -0.39 is 0 Å². The molecule has 2 aromatic rings. The number of hydrogen-bond donors (Lipinski definition) is 0. The fraction of sp³-hybridized carbons (Fsp3) is 0.308. The van der Waals surface area contributed by atoms with E-state index in [1.165, 1.54) is 0 Å². The number of ether oxygens (including phenoxy) is 3. The Morgan fingerprint density at radius 2 is 1.90 bits per heavy atom. The van der Waals surface area contributed by atoms with Gasteiger partial charge in [0, 0.05) is 0 Å². The molecule has 106 valence electrons. The van der Waals surface area contributed by atoms with Gasteiger partial charge in [-0.1, -0.05) is 6.07 Å². The van der Waals surface area contributed by atoms with Gasteiger partial charge in [0.25, 0.3) is 0 Å². The maximum absolute atomic E-state index is 5.89. The average Bonchev–Trinajstić information content (AvgIpc) is 2.46. The highest BCUT2D eigenvalue weighted by Crippen LogP contribution is 2.36. The molecular weight excluding hydrogens is 282 g/mol. The second-order valence-corrected chi connectivity index (χ2v) is 4.02. The predicted octanol–water partition coefficient (Wildman–Crippen LogP) is 2.61. The highest BCUT2D eigenvalue weighted by molar-refractivity contribution is 6.28. The topological polar surface area (TPSA) is 66.4 Å². The van der Waals surface area contributed by atoms with E-state index in [4.69, 9.17) is 25.8 Å². The third-order valence-electron chi connectivity index (χ3n) is 2.50. The Kier molecular flexibility index (Phi) is 4.57. The second kappa shape index (κ2) is 6.38. The van der Waals surface area contributed by atoms with Crippen LogP contribution in [0, 0.1) is 0 Å². The molecule has 0 unspecified atom stereocenters. The number of methoxy groups -OCH3 is 2. The van der Waals surface area contributed by atoms with Crippen molar-refractivity contribution in [1.82, 2.24) is 15.0 Å². The molecule has 6 nitrogen and oxygen atoms in total. The Hall–Kier alpha value is -2.08. The van der Waals surface area contributed by atoms with Crippen LogP contribution in [0.25, 0.3) is 11.4 Å². The van der Waals surface area contributed by atoms with E-state index in [-0.39, 0.29) is 11.3 Å². The van der Waals surface area contributed by atoms with E-state index >= 15 is 0 Å². The van der Waals surface area contributed by atoms with Crippen molar-refractivity contribution in [2.24, 2.45) is 0 Å². The van der Waals surface area contributed by atoms with Gasteiger partial charge in [-0.25, -0.2) is 0 Å². The zero-order valence-electron chi connectivity index (χ0n) is 11.4. The first-order valence-corrected chi connectivity index (χ1v) is 6.33. The van der Waals surface area contributed by atoms with Gasteiger partial charge >= 0.3 is 6.01 Å². The highest BCUT2D eigenvalue weighted by Gasteiger charge is 2.16. The first-order valence-electron chi connectivity index (χ1n) is 5.95. The molecule has 2 rings (SSSR count). The summed E-state index contributed by atoms with van der Waals surface area (Å²) in [6.07, 6.45) is 0. The quantitative estimate of drug-likeness (QED) is 0.845. The molecule has 0 atom stereocenters. The van der Waals surface area contributed by atoms with Crippen LogP contribution in [0.4, 0.5) is 0 Å². The molecule has 0 radical (unpaired) electrons. The molecule has 1 aromatic carbocycles. The predicted molar refractivity (Wildman–Crippen MR) is 74.5 cm³/mol. The summed E-state index contributed by atoms with van der Waals surface area (Å²) in [6.45, 7) is 2.28. The lowest BCUT2D eigenvalue weighted by Gasteiger charge is -2.12. The smallest absolute Gasteiger partial charge is 0.321 e. The number of rotatable bonds is 5. The van der Waals surface area contributed by atoms with E-state index in [0.29, 0.717) is 29.5 Å². The monoisotopic (exact) mass is 295 g/mol. The first-order chi connectivity index (χ1) is 9.69. The molecule has 0 N–H and O–H groups in total. The summed E-state index contributed by atoms with van der Waals surface area (Å²) in [4.78, 5) is 12.2. The molecule has 7 heteroatoms. The minimum atomic E-state index is 0.0586. The minimum Gasteiger partial charge on any atom is -0.493 e. The Balaban J connectivity index is 2.56. The van der Waals surface area contributed by atoms with Crippen LogP contribution in [0.5, 0.6) is 17.5 Å². The molecule has 1 heterocycles. The van der Waals surface area contributed by atoms with Crippen molar-refractivity contribution in [3.05, 3.63) is 23.5 Å². The van der Waals surface area contributed by atoms with Crippen molar-refractivity contribution >= 4 is 11.6 Å². The Labute approximate surface area is 121 Å². The maximum atomic E-state index is 5.89. The molecule has 0 aliphatic heterocycles. The molecule has 0 aliphatic carbocycles. The Bertz CT molecular complexity index is 607. The molecule has 0 fully saturated rings. The van der Waals surface area contributed by atoms with Crippen LogP contribution >= 0.6 is 11.6 Å². The third-order valence-corrected chi connectivity index (χ3v) is 2.67. The Morgan fingerprint density at radius 1 is 1.10 bits per heavy atom. The van der Waals surface area contributed by atoms with E-state index in [1.807, 2.05) is 19.1 Å². The van der Waals surface area contributed by atoms with E-state index in [0.717, 1.165) is 0 Å². The standard InChI is InChI=1S/C13H14ClN3O3/c1-4-20-13-16-11(15-12(14)17-13)8-6-5-7-9(18-2)10(8)19-3/h5-7H,4H2,1-3H3. The lowest BCUT2D eigenvalue weighted by atomic mass is 10.1. The SMILES string of the molecule is CCOc1nc(Cl)nc(-c2cccc(OC)c2OC)n1. The van der Waals surface area contributed by atoms with E-state index in [1.54, 1.807) is 20.3 Å². The summed E-state index contributed by atoms with van der Waals surface area (Å²) >= 11 is 5.89. The van der Waals surface area contributed by atoms with Crippen LogP contribution in [0.2, 0.25) is 5.28 Å². The number of nitrogens with zero attached hydrogens (tertiary/aromatic N) is 3. The summed E-state index contributed by atoms with van der Waals surface area (Å²) in [5.41, 5.74) is 0.650. The number of para-hydroxylation sites is 1. The molecular formula is C13H14ClN3O3. The van der Waals surface area contributed by atoms with Gasteiger partial charge in [-0.15, -0.1) is 0 Å². The van der Waals surface area contributed by atoms with Gasteiger partial charge in [-0.05, 0) is 30.7 Å². The van der Waals surface area contributed by atoms with Crippen LogP contribution in [0.3, 0.4) is 0 Å². The third kappa shape index (κ3) is 2.91. The molecule has 0 saturated carbocycles. The maximum Gasteiger partial charge on any atom is 0.321 e. The molecule has 0 aliphatic rings. The number of aromatic nitrogens is 3. The fourth-order valence-electron chi connectivity index (χ4n) is 1.71. The van der Waals surface area contributed by atoms with Gasteiger partial charge in [0.2, 0.25) is 5.28 Å². The van der Waals surface area contributed by atoms with Crippen LogP contribution in [0.1, 0.15) is 6.92 Å². The van der Waals surface area contributed by atoms with E-state index in [9.17, 15) is 0 Å². The second-order valence-electron chi connectivity index (χ2n) is 3.68. The Morgan fingerprint density at radius 3 is 2.55 bits per heavy atom. The summed E-state index contributed by atoms with van der Waals surface area (Å²) in [5, 5.41) is 0.0586. The van der Waals surface area contributed by atoms with Gasteiger partial charge in [0.1, 0.15) is 0 Å². The molecule has 1 aromatic heterocycles. The van der Waals surface area contributed by atoms with E-state index in [2.05, 4.69) is 15.0 Å². The fourth-order valence-corrected chi connectivity index (χ4v) is 1.86. The largest absolute Gasteiger partial charge is 0.493 e. The molecule has 20 heavy (non-hydrogen) atoms. The van der Waals surface area contributed by atoms with Crippen molar-refractivity contribution in [1.29, 1.82) is 0 Å². The number of benzene rings is 1. The summed E-state index contributed by atoms with van der Waals surface area (Å²) < 4.78 is 15.9. The van der Waals surface area contributed by atoms with Gasteiger partial charge in [0.15, 0.2) is 17.3 Å². The normalized spacial score (nSPS) is 10.2. The van der Waals surface area contributed by atoms with Crippen molar-refractivity contribution in [3.8, 4) is 28.9 Å². The lowest BCUT2D eigenvalue weighted by Crippen LogP contribution is -2.02. The van der Waals surface area contributed by atoms with Crippen LogP contribution in [0.15, 0.2) is 18.2 Å². The van der Waals surface area contributed by atoms with Gasteiger partial charge in [-0.2, -0.15) is 15.0 Å². The first kappa shape index (κ1) is 14.3. The molecule has 0 bridgehead atoms. The number of hydrogen-bond acceptors (Lipinski definition) is 6. The molecule has 0 amide bonds. The van der Waals surface area contributed by atoms with Gasteiger partial charge < -0.3 is 14.2 Å². The van der Waals surface area contributed by atoms with Crippen molar-refractivity contribution in [2.75, 3.05) is 20.8 Å². The summed E-state index contributed by atoms with van der Waals surface area (Å²) in [7, 11) is 3.11. The van der Waals surface area contributed by atoms with Gasteiger partial charge in [-0.3, -0.25) is 0 Å². The summed E-state index contributed by atoms with van der Waals surface area (Å²) in [6, 6.07) is 5.58. The average molecular weight is 296 g/mol. The lowest BCUT2D eigenvalue weighted by molar-refractivity contribution is 0.311. The highest BCUT2D eigenvalue weighted by atomic mass is 35.5. The van der Waals surface area contributed by atoms with Crippen molar-refractivity contribution in [3.63, 3.8) is 0 Å². The molecule has 0 saturated heterocycles. The van der Waals surface area contributed by atoms with Crippen LogP contribution in [-0.2, 0) is 0 Å². The zero-order chi connectivity index (χ0) is 14.5.